The normalized spacial score (nSPS) is 14.1. The van der Waals surface area contributed by atoms with Crippen molar-refractivity contribution in [2.45, 2.75) is 19.4 Å². The molecule has 0 fully saturated rings. The first-order chi connectivity index (χ1) is 7.74. The summed E-state index contributed by atoms with van der Waals surface area (Å²) in [7, 11) is 3.62. The van der Waals surface area contributed by atoms with Crippen LogP contribution in [0.3, 0.4) is 0 Å². The van der Waals surface area contributed by atoms with Gasteiger partial charge in [-0.25, -0.2) is 0 Å². The Morgan fingerprint density at radius 1 is 1.35 bits per heavy atom. The molecule has 5 heteroatoms. The second-order valence-electron chi connectivity index (χ2n) is 3.91. The first-order valence-electron chi connectivity index (χ1n) is 5.38. The van der Waals surface area contributed by atoms with Gasteiger partial charge in [-0.1, -0.05) is 0 Å². The maximum Gasteiger partial charge on any atom is 0.231 e. The highest BCUT2D eigenvalue weighted by molar-refractivity contribution is 5.85. The van der Waals surface area contributed by atoms with Crippen LogP contribution in [-0.4, -0.2) is 27.0 Å². The zero-order valence-corrected chi connectivity index (χ0v) is 11.1. The maximum atomic E-state index is 5.36. The number of ether oxygens (including phenoxy) is 3. The molecule has 1 aliphatic heterocycles. The maximum absolute atomic E-state index is 5.36. The first-order valence-corrected chi connectivity index (χ1v) is 5.38. The zero-order chi connectivity index (χ0) is 11.5. The average Bonchev–Trinajstić information content (AvgIpc) is 2.74. The minimum Gasteiger partial charge on any atom is -0.496 e. The summed E-state index contributed by atoms with van der Waals surface area (Å²) in [6, 6.07) is 4.28. The van der Waals surface area contributed by atoms with Crippen molar-refractivity contribution in [3.05, 3.63) is 17.7 Å². The van der Waals surface area contributed by atoms with E-state index < -0.39 is 0 Å². The molecule has 0 spiro atoms. The lowest BCUT2D eigenvalue weighted by atomic mass is 10.1. The van der Waals surface area contributed by atoms with Gasteiger partial charge >= 0.3 is 0 Å². The molecule has 2 rings (SSSR count). The molecule has 1 N–H and O–H groups in total. The number of benzene rings is 1. The molecule has 1 unspecified atom stereocenters. The quantitative estimate of drug-likeness (QED) is 0.898. The largest absolute Gasteiger partial charge is 0.496 e. The van der Waals surface area contributed by atoms with E-state index in [1.54, 1.807) is 7.11 Å². The molecule has 1 heterocycles. The second kappa shape index (κ2) is 5.98. The molecule has 0 radical (unpaired) electrons. The average molecular weight is 260 g/mol. The Bertz CT molecular complexity index is 384. The van der Waals surface area contributed by atoms with E-state index >= 15 is 0 Å². The zero-order valence-electron chi connectivity index (χ0n) is 10.3. The summed E-state index contributed by atoms with van der Waals surface area (Å²) in [6.07, 6.45) is 0.899. The third-order valence-electron chi connectivity index (χ3n) is 2.79. The monoisotopic (exact) mass is 259 g/mol. The lowest BCUT2D eigenvalue weighted by Crippen LogP contribution is -2.23. The van der Waals surface area contributed by atoms with Crippen molar-refractivity contribution in [1.82, 2.24) is 5.32 Å². The molecule has 1 aliphatic rings. The van der Waals surface area contributed by atoms with Crippen molar-refractivity contribution in [3.8, 4) is 17.2 Å². The summed E-state index contributed by atoms with van der Waals surface area (Å²) >= 11 is 0. The summed E-state index contributed by atoms with van der Waals surface area (Å²) in [5, 5.41) is 3.20. The number of rotatable bonds is 4. The van der Waals surface area contributed by atoms with Crippen LogP contribution < -0.4 is 19.5 Å². The van der Waals surface area contributed by atoms with E-state index in [-0.39, 0.29) is 12.4 Å². The van der Waals surface area contributed by atoms with Gasteiger partial charge in [-0.05, 0) is 32.0 Å². The van der Waals surface area contributed by atoms with Gasteiger partial charge in [-0.15, -0.1) is 12.4 Å². The first kappa shape index (κ1) is 13.9. The third kappa shape index (κ3) is 2.96. The molecule has 0 aromatic heterocycles. The molecule has 0 aliphatic carbocycles. The second-order valence-corrected chi connectivity index (χ2v) is 3.91. The molecule has 0 saturated carbocycles. The summed E-state index contributed by atoms with van der Waals surface area (Å²) < 4.78 is 16.0. The van der Waals surface area contributed by atoms with Crippen LogP contribution >= 0.6 is 12.4 Å². The summed E-state index contributed by atoms with van der Waals surface area (Å²) in [5.41, 5.74) is 1.13. The number of fused-ring (bicyclic) bond motifs is 1. The van der Waals surface area contributed by atoms with Crippen molar-refractivity contribution in [1.29, 1.82) is 0 Å². The Morgan fingerprint density at radius 2 is 2.00 bits per heavy atom. The predicted octanol–water partition coefficient (Wildman–Crippen LogP) is 2.00. The number of methoxy groups -OCH3 is 1. The lowest BCUT2D eigenvalue weighted by Gasteiger charge is -2.14. The van der Waals surface area contributed by atoms with E-state index in [1.807, 2.05) is 19.2 Å². The minimum atomic E-state index is 0. The van der Waals surface area contributed by atoms with Crippen LogP contribution in [0, 0.1) is 0 Å². The number of halogens is 1. The van der Waals surface area contributed by atoms with Crippen LogP contribution in [0.5, 0.6) is 17.2 Å². The van der Waals surface area contributed by atoms with E-state index in [4.69, 9.17) is 14.2 Å². The molecule has 1 atom stereocenters. The van der Waals surface area contributed by atoms with Gasteiger partial charge in [0.15, 0.2) is 11.5 Å². The lowest BCUT2D eigenvalue weighted by molar-refractivity contribution is 0.174. The fourth-order valence-electron chi connectivity index (χ4n) is 1.75. The van der Waals surface area contributed by atoms with Crippen LogP contribution in [0.1, 0.15) is 12.5 Å². The molecular formula is C12H18ClNO3. The van der Waals surface area contributed by atoms with Crippen LogP contribution in [-0.2, 0) is 6.42 Å². The molecule has 96 valence electrons. The fourth-order valence-corrected chi connectivity index (χ4v) is 1.75. The summed E-state index contributed by atoms with van der Waals surface area (Å²) in [6.45, 7) is 2.42. The van der Waals surface area contributed by atoms with E-state index in [1.165, 1.54) is 0 Å². The molecular weight excluding hydrogens is 242 g/mol. The molecule has 0 amide bonds. The molecule has 17 heavy (non-hydrogen) atoms. The van der Waals surface area contributed by atoms with Crippen molar-refractivity contribution in [2.75, 3.05) is 21.0 Å². The van der Waals surface area contributed by atoms with Crippen LogP contribution in [0.25, 0.3) is 0 Å². The van der Waals surface area contributed by atoms with Crippen molar-refractivity contribution in [2.24, 2.45) is 0 Å². The van der Waals surface area contributed by atoms with Crippen LogP contribution in [0.15, 0.2) is 12.1 Å². The topological polar surface area (TPSA) is 39.7 Å². The van der Waals surface area contributed by atoms with Gasteiger partial charge in [0.1, 0.15) is 5.75 Å². The third-order valence-corrected chi connectivity index (χ3v) is 2.79. The molecule has 0 bridgehead atoms. The van der Waals surface area contributed by atoms with E-state index in [0.717, 1.165) is 29.2 Å². The number of nitrogens with one attached hydrogen (secondary N) is 1. The van der Waals surface area contributed by atoms with Gasteiger partial charge < -0.3 is 19.5 Å². The Labute approximate surface area is 108 Å². The Hall–Kier alpha value is -1.13. The Kier molecular flexibility index (Phi) is 4.90. The Morgan fingerprint density at radius 3 is 2.59 bits per heavy atom. The molecule has 4 nitrogen and oxygen atoms in total. The van der Waals surface area contributed by atoms with Crippen LogP contribution in [0.4, 0.5) is 0 Å². The fraction of sp³-hybridized carbons (Fsp3) is 0.500. The van der Waals surface area contributed by atoms with Gasteiger partial charge in [0.2, 0.25) is 6.79 Å². The van der Waals surface area contributed by atoms with Gasteiger partial charge in [0.25, 0.3) is 0 Å². The summed E-state index contributed by atoms with van der Waals surface area (Å²) in [4.78, 5) is 0. The number of likely N-dealkylation sites (N-methyl/N-ethyl adjacent to an activating group) is 1. The van der Waals surface area contributed by atoms with Gasteiger partial charge in [0.05, 0.1) is 7.11 Å². The standard InChI is InChI=1S/C12H17NO3.ClH/c1-8(13-2)4-9-5-11-12(16-7-15-11)6-10(9)14-3;/h5-6,8,13H,4,7H2,1-3H3;1H. The summed E-state index contributed by atoms with van der Waals surface area (Å²) in [5.74, 6) is 2.42. The van der Waals surface area contributed by atoms with E-state index in [9.17, 15) is 0 Å². The van der Waals surface area contributed by atoms with Gasteiger partial charge in [0, 0.05) is 12.1 Å². The predicted molar refractivity (Wildman–Crippen MR) is 68.6 cm³/mol. The minimum absolute atomic E-state index is 0. The molecule has 0 saturated heterocycles. The van der Waals surface area contributed by atoms with E-state index in [0.29, 0.717) is 12.8 Å². The van der Waals surface area contributed by atoms with Crippen molar-refractivity contribution < 1.29 is 14.2 Å². The molecule has 1 aromatic carbocycles. The SMILES string of the molecule is CNC(C)Cc1cc2c(cc1OC)OCO2.Cl. The van der Waals surface area contributed by atoms with E-state index in [2.05, 4.69) is 12.2 Å². The highest BCUT2D eigenvalue weighted by atomic mass is 35.5. The number of hydrogen-bond acceptors (Lipinski definition) is 4. The molecule has 1 aromatic rings. The van der Waals surface area contributed by atoms with Crippen molar-refractivity contribution in [3.63, 3.8) is 0 Å². The van der Waals surface area contributed by atoms with Gasteiger partial charge in [-0.3, -0.25) is 0 Å². The smallest absolute Gasteiger partial charge is 0.231 e. The van der Waals surface area contributed by atoms with Gasteiger partial charge in [-0.2, -0.15) is 0 Å². The van der Waals surface area contributed by atoms with Crippen LogP contribution in [0.2, 0.25) is 0 Å². The highest BCUT2D eigenvalue weighted by Crippen LogP contribution is 2.38. The van der Waals surface area contributed by atoms with Crippen molar-refractivity contribution >= 4 is 12.4 Å². The Balaban J connectivity index is 0.00000144. The number of hydrogen-bond donors (Lipinski definition) is 1. The highest BCUT2D eigenvalue weighted by Gasteiger charge is 2.18.